The predicted octanol–water partition coefficient (Wildman–Crippen LogP) is 14.9. The molecule has 0 spiro atoms. The molecule has 11 rings (SSSR count). The lowest BCUT2D eigenvalue weighted by atomic mass is 9.83. The number of fused-ring (bicyclic) bond motifs is 7. The fourth-order valence-electron chi connectivity index (χ4n) is 8.59. The number of rotatable bonds is 4. The van der Waals surface area contributed by atoms with Crippen molar-refractivity contribution in [3.05, 3.63) is 194 Å². The second kappa shape index (κ2) is 11.8. The van der Waals surface area contributed by atoms with Crippen LogP contribution in [0.4, 0.5) is 0 Å². The second-order valence-electron chi connectivity index (χ2n) is 14.0. The Morgan fingerprint density at radius 1 is 0.245 bits per heavy atom. The topological polar surface area (TPSA) is 13.1 Å². The summed E-state index contributed by atoms with van der Waals surface area (Å²) in [5.74, 6) is 0. The van der Waals surface area contributed by atoms with Gasteiger partial charge in [-0.2, -0.15) is 0 Å². The molecule has 246 valence electrons. The van der Waals surface area contributed by atoms with Crippen LogP contribution in [0.2, 0.25) is 0 Å². The van der Waals surface area contributed by atoms with Crippen LogP contribution in [0.25, 0.3) is 110 Å². The van der Waals surface area contributed by atoms with Crippen LogP contribution in [0.1, 0.15) is 0 Å². The molecule has 0 bridgehead atoms. The predicted molar refractivity (Wildman–Crippen MR) is 225 cm³/mol. The van der Waals surface area contributed by atoms with Crippen molar-refractivity contribution in [1.29, 1.82) is 0 Å². The zero-order chi connectivity index (χ0) is 34.9. The van der Waals surface area contributed by atoms with E-state index in [1.807, 2.05) is 0 Å². The normalized spacial score (nSPS) is 11.8. The quantitative estimate of drug-likeness (QED) is 0.170. The highest BCUT2D eigenvalue weighted by Gasteiger charge is 2.19. The molecule has 1 heteroatoms. The van der Waals surface area contributed by atoms with E-state index in [-0.39, 0.29) is 0 Å². The van der Waals surface area contributed by atoms with E-state index in [9.17, 15) is 0 Å². The third-order valence-electron chi connectivity index (χ3n) is 11.1. The molecule has 0 fully saturated rings. The molecule has 0 radical (unpaired) electrons. The number of hydrogen-bond acceptors (Lipinski definition) is 1. The summed E-state index contributed by atoms with van der Waals surface area (Å²) in [5, 5.41) is 12.3. The van der Waals surface area contributed by atoms with E-state index < -0.39 is 0 Å². The largest absolute Gasteiger partial charge is 0.456 e. The Morgan fingerprint density at radius 2 is 0.736 bits per heavy atom. The summed E-state index contributed by atoms with van der Waals surface area (Å²) < 4.78 is 6.42. The minimum Gasteiger partial charge on any atom is -0.456 e. The monoisotopic (exact) mass is 672 g/mol. The molecule has 10 aromatic carbocycles. The van der Waals surface area contributed by atoms with Crippen molar-refractivity contribution in [2.45, 2.75) is 0 Å². The van der Waals surface area contributed by atoms with Gasteiger partial charge in [-0.1, -0.05) is 170 Å². The van der Waals surface area contributed by atoms with E-state index in [0.717, 1.165) is 33.1 Å². The smallest absolute Gasteiger partial charge is 0.136 e. The molecule has 0 atom stereocenters. The van der Waals surface area contributed by atoms with Gasteiger partial charge in [0.1, 0.15) is 11.2 Å². The lowest BCUT2D eigenvalue weighted by Crippen LogP contribution is -1.92. The van der Waals surface area contributed by atoms with E-state index in [2.05, 4.69) is 194 Å². The van der Waals surface area contributed by atoms with Crippen LogP contribution in [-0.4, -0.2) is 0 Å². The number of hydrogen-bond donors (Lipinski definition) is 0. The fraction of sp³-hybridized carbons (Fsp3) is 0. The Bertz CT molecular complexity index is 3150. The Labute approximate surface area is 307 Å². The molecule has 0 aliphatic heterocycles. The fourth-order valence-corrected chi connectivity index (χ4v) is 8.59. The van der Waals surface area contributed by atoms with Gasteiger partial charge in [-0.05, 0) is 112 Å². The summed E-state index contributed by atoms with van der Waals surface area (Å²) in [4.78, 5) is 0. The van der Waals surface area contributed by atoms with Crippen molar-refractivity contribution in [2.24, 2.45) is 0 Å². The Hall–Kier alpha value is -6.96. The third kappa shape index (κ3) is 4.71. The van der Waals surface area contributed by atoms with Crippen molar-refractivity contribution >= 4 is 65.0 Å². The summed E-state index contributed by atoms with van der Waals surface area (Å²) in [7, 11) is 0. The average Bonchev–Trinajstić information content (AvgIpc) is 3.58. The molecule has 1 nitrogen and oxygen atoms in total. The second-order valence-corrected chi connectivity index (χ2v) is 14.0. The van der Waals surface area contributed by atoms with Gasteiger partial charge >= 0.3 is 0 Å². The molecule has 0 N–H and O–H groups in total. The van der Waals surface area contributed by atoms with E-state index in [0.29, 0.717) is 0 Å². The van der Waals surface area contributed by atoms with Gasteiger partial charge in [-0.3, -0.25) is 0 Å². The highest BCUT2D eigenvalue weighted by Crippen LogP contribution is 2.46. The van der Waals surface area contributed by atoms with Gasteiger partial charge in [0.2, 0.25) is 0 Å². The summed E-state index contributed by atoms with van der Waals surface area (Å²) in [6.07, 6.45) is 0. The number of benzene rings is 10. The van der Waals surface area contributed by atoms with Crippen LogP contribution in [0.3, 0.4) is 0 Å². The first-order valence-corrected chi connectivity index (χ1v) is 18.3. The SMILES string of the molecule is c1ccc(-c2ccc(-c3c4ccccc4c(-c4ccc(-c5ccc6c(c5)oc5cc7ccccc7cc56)cc4)c4ccccc34)c3ccccc23)cc1. The van der Waals surface area contributed by atoms with Crippen LogP contribution in [0.5, 0.6) is 0 Å². The average molecular weight is 673 g/mol. The van der Waals surface area contributed by atoms with Crippen LogP contribution in [0, 0.1) is 0 Å². The Balaban J connectivity index is 1.06. The maximum atomic E-state index is 6.42. The minimum atomic E-state index is 0.911. The van der Waals surface area contributed by atoms with Crippen molar-refractivity contribution < 1.29 is 4.42 Å². The molecule has 0 unspecified atom stereocenters. The van der Waals surface area contributed by atoms with E-state index >= 15 is 0 Å². The van der Waals surface area contributed by atoms with Crippen molar-refractivity contribution in [2.75, 3.05) is 0 Å². The van der Waals surface area contributed by atoms with Crippen molar-refractivity contribution in [1.82, 2.24) is 0 Å². The van der Waals surface area contributed by atoms with Gasteiger partial charge in [0.15, 0.2) is 0 Å². The van der Waals surface area contributed by atoms with Gasteiger partial charge in [-0.15, -0.1) is 0 Å². The molecule has 1 aromatic heterocycles. The molecule has 0 aliphatic rings. The minimum absolute atomic E-state index is 0.911. The molecule has 1 heterocycles. The lowest BCUT2D eigenvalue weighted by Gasteiger charge is -2.20. The summed E-state index contributed by atoms with van der Waals surface area (Å²) in [5.41, 5.74) is 11.6. The van der Waals surface area contributed by atoms with Crippen molar-refractivity contribution in [3.63, 3.8) is 0 Å². The van der Waals surface area contributed by atoms with Crippen LogP contribution in [-0.2, 0) is 0 Å². The van der Waals surface area contributed by atoms with Gasteiger partial charge in [0, 0.05) is 10.8 Å². The first-order valence-electron chi connectivity index (χ1n) is 18.3. The molecule has 0 amide bonds. The molecule has 11 aromatic rings. The van der Waals surface area contributed by atoms with Gasteiger partial charge < -0.3 is 4.42 Å². The van der Waals surface area contributed by atoms with Crippen LogP contribution < -0.4 is 0 Å². The highest BCUT2D eigenvalue weighted by atomic mass is 16.3. The van der Waals surface area contributed by atoms with Crippen LogP contribution in [0.15, 0.2) is 199 Å². The van der Waals surface area contributed by atoms with Gasteiger partial charge in [-0.25, -0.2) is 0 Å². The third-order valence-corrected chi connectivity index (χ3v) is 11.1. The van der Waals surface area contributed by atoms with E-state index in [1.165, 1.54) is 76.5 Å². The van der Waals surface area contributed by atoms with E-state index in [4.69, 9.17) is 4.42 Å². The maximum absolute atomic E-state index is 6.42. The summed E-state index contributed by atoms with van der Waals surface area (Å²) >= 11 is 0. The first kappa shape index (κ1) is 29.7. The van der Waals surface area contributed by atoms with Gasteiger partial charge in [0.05, 0.1) is 0 Å². The number of furan rings is 1. The zero-order valence-corrected chi connectivity index (χ0v) is 28.9. The Morgan fingerprint density at radius 3 is 1.42 bits per heavy atom. The molecule has 0 saturated heterocycles. The maximum Gasteiger partial charge on any atom is 0.136 e. The zero-order valence-electron chi connectivity index (χ0n) is 28.9. The highest BCUT2D eigenvalue weighted by molar-refractivity contribution is 6.24. The van der Waals surface area contributed by atoms with Gasteiger partial charge in [0.25, 0.3) is 0 Å². The first-order chi connectivity index (χ1) is 26.3. The Kier molecular flexibility index (Phi) is 6.62. The molecule has 0 saturated carbocycles. The summed E-state index contributed by atoms with van der Waals surface area (Å²) in [6, 6.07) is 70.5. The lowest BCUT2D eigenvalue weighted by molar-refractivity contribution is 0.669. The summed E-state index contributed by atoms with van der Waals surface area (Å²) in [6.45, 7) is 0. The standard InChI is InChI=1S/C52H32O/c1-2-12-34(13-3-1)39-28-29-47(41-17-7-6-16-40(39)41)52-45-20-10-8-18-43(45)51(44-19-9-11-21-46(44)52)35-24-22-33(23-25-35)38-26-27-42-48-30-36-14-4-5-15-37(36)31-50(48)53-49(42)32-38/h1-32H. The van der Waals surface area contributed by atoms with Crippen molar-refractivity contribution in [3.8, 4) is 44.5 Å². The molecular weight excluding hydrogens is 641 g/mol. The van der Waals surface area contributed by atoms with Crippen LogP contribution >= 0.6 is 0 Å². The molecule has 0 aliphatic carbocycles. The van der Waals surface area contributed by atoms with E-state index in [1.54, 1.807) is 0 Å². The molecular formula is C52H32O. The molecule has 53 heavy (non-hydrogen) atoms.